The van der Waals surface area contributed by atoms with Gasteiger partial charge >= 0.3 is 0 Å². The predicted molar refractivity (Wildman–Crippen MR) is 65.2 cm³/mol. The van der Waals surface area contributed by atoms with Crippen molar-refractivity contribution in [1.29, 1.82) is 5.26 Å². The fourth-order valence-electron chi connectivity index (χ4n) is 3.10. The van der Waals surface area contributed by atoms with E-state index in [1.165, 1.54) is 12.8 Å². The fourth-order valence-corrected chi connectivity index (χ4v) is 3.10. The van der Waals surface area contributed by atoms with Gasteiger partial charge < -0.3 is 10.2 Å². The van der Waals surface area contributed by atoms with Gasteiger partial charge in [0.15, 0.2) is 0 Å². The number of amides is 1. The maximum atomic E-state index is 12.4. The monoisotopic (exact) mass is 235 g/mol. The van der Waals surface area contributed by atoms with Crippen molar-refractivity contribution in [1.82, 2.24) is 10.2 Å². The van der Waals surface area contributed by atoms with Crippen LogP contribution in [0.15, 0.2) is 0 Å². The predicted octanol–water partition coefficient (Wildman–Crippen LogP) is 1.42. The summed E-state index contributed by atoms with van der Waals surface area (Å²) in [6, 6.07) is 2.19. The average Bonchev–Trinajstić information content (AvgIpc) is 2.75. The van der Waals surface area contributed by atoms with Gasteiger partial charge in [0.25, 0.3) is 0 Å². The minimum absolute atomic E-state index is 0.120. The van der Waals surface area contributed by atoms with Crippen molar-refractivity contribution in [3.05, 3.63) is 0 Å². The first-order valence-corrected chi connectivity index (χ1v) is 6.50. The molecule has 1 saturated heterocycles. The van der Waals surface area contributed by atoms with E-state index >= 15 is 0 Å². The SMILES string of the molecule is CC1(C)CNC(CC#N)C(=O)N1C1CCCC1. The van der Waals surface area contributed by atoms with Gasteiger partial charge in [0.1, 0.15) is 6.04 Å². The molecule has 2 fully saturated rings. The summed E-state index contributed by atoms with van der Waals surface area (Å²) in [7, 11) is 0. The smallest absolute Gasteiger partial charge is 0.241 e. The number of nitriles is 1. The first kappa shape index (κ1) is 12.4. The first-order valence-electron chi connectivity index (χ1n) is 6.50. The molecule has 94 valence electrons. The number of piperazine rings is 1. The van der Waals surface area contributed by atoms with Crippen molar-refractivity contribution < 1.29 is 4.79 Å². The molecular formula is C13H21N3O. The molecule has 0 aromatic heterocycles. The Morgan fingerprint density at radius 1 is 1.47 bits per heavy atom. The quantitative estimate of drug-likeness (QED) is 0.787. The van der Waals surface area contributed by atoms with Gasteiger partial charge in [-0.1, -0.05) is 12.8 Å². The van der Waals surface area contributed by atoms with Crippen LogP contribution in [-0.4, -0.2) is 35.0 Å². The lowest BCUT2D eigenvalue weighted by atomic mass is 9.93. The molecule has 0 aromatic carbocycles. The molecule has 2 rings (SSSR count). The molecule has 1 heterocycles. The van der Waals surface area contributed by atoms with Crippen LogP contribution in [0.2, 0.25) is 0 Å². The molecule has 4 heteroatoms. The zero-order valence-electron chi connectivity index (χ0n) is 10.7. The van der Waals surface area contributed by atoms with Crippen LogP contribution in [0.25, 0.3) is 0 Å². The largest absolute Gasteiger partial charge is 0.332 e. The number of nitrogens with zero attached hydrogens (tertiary/aromatic N) is 2. The molecule has 1 aliphatic heterocycles. The van der Waals surface area contributed by atoms with Gasteiger partial charge in [-0.25, -0.2) is 0 Å². The Hall–Kier alpha value is -1.08. The van der Waals surface area contributed by atoms with Gasteiger partial charge in [-0.2, -0.15) is 5.26 Å². The van der Waals surface area contributed by atoms with Gasteiger partial charge in [0.2, 0.25) is 5.91 Å². The molecule has 4 nitrogen and oxygen atoms in total. The van der Waals surface area contributed by atoms with E-state index in [2.05, 4.69) is 30.1 Å². The molecule has 1 unspecified atom stereocenters. The Kier molecular flexibility index (Phi) is 3.39. The summed E-state index contributed by atoms with van der Waals surface area (Å²) in [6.07, 6.45) is 4.96. The van der Waals surface area contributed by atoms with Crippen molar-refractivity contribution >= 4 is 5.91 Å². The molecule has 1 atom stereocenters. The highest BCUT2D eigenvalue weighted by Crippen LogP contribution is 2.31. The van der Waals surface area contributed by atoms with E-state index in [-0.39, 0.29) is 23.9 Å². The maximum absolute atomic E-state index is 12.4. The second-order valence-electron chi connectivity index (χ2n) is 5.75. The van der Waals surface area contributed by atoms with Crippen LogP contribution in [-0.2, 0) is 4.79 Å². The lowest BCUT2D eigenvalue weighted by Crippen LogP contribution is -2.67. The minimum Gasteiger partial charge on any atom is -0.332 e. The molecule has 0 aromatic rings. The summed E-state index contributed by atoms with van der Waals surface area (Å²) >= 11 is 0. The van der Waals surface area contributed by atoms with Gasteiger partial charge in [0, 0.05) is 12.6 Å². The number of hydrogen-bond donors (Lipinski definition) is 1. The van der Waals surface area contributed by atoms with Crippen molar-refractivity contribution in [2.45, 2.75) is 63.6 Å². The van der Waals surface area contributed by atoms with Crippen molar-refractivity contribution in [2.24, 2.45) is 0 Å². The summed E-state index contributed by atoms with van der Waals surface area (Å²) < 4.78 is 0. The van der Waals surface area contributed by atoms with Gasteiger partial charge in [-0.05, 0) is 26.7 Å². The number of carbonyl (C=O) groups is 1. The molecule has 1 saturated carbocycles. The second kappa shape index (κ2) is 4.66. The lowest BCUT2D eigenvalue weighted by Gasteiger charge is -2.48. The van der Waals surface area contributed by atoms with Crippen molar-refractivity contribution in [3.63, 3.8) is 0 Å². The van der Waals surface area contributed by atoms with E-state index in [0.717, 1.165) is 19.4 Å². The average molecular weight is 235 g/mol. The van der Waals surface area contributed by atoms with Crippen molar-refractivity contribution in [3.8, 4) is 6.07 Å². The molecule has 1 aliphatic carbocycles. The lowest BCUT2D eigenvalue weighted by molar-refractivity contribution is -0.146. The van der Waals surface area contributed by atoms with Crippen LogP contribution in [0, 0.1) is 11.3 Å². The number of carbonyl (C=O) groups excluding carboxylic acids is 1. The Morgan fingerprint density at radius 2 is 2.12 bits per heavy atom. The summed E-state index contributed by atoms with van der Waals surface area (Å²) in [5.74, 6) is 0.120. The standard InChI is InChI=1S/C13H21N3O/c1-13(2)9-15-11(7-8-14)12(17)16(13)10-5-3-4-6-10/h10-11,15H,3-7,9H2,1-2H3. The van der Waals surface area contributed by atoms with Crippen LogP contribution in [0.1, 0.15) is 46.0 Å². The Bertz CT molecular complexity index is 339. The van der Waals surface area contributed by atoms with E-state index < -0.39 is 0 Å². The zero-order chi connectivity index (χ0) is 12.5. The van der Waals surface area contributed by atoms with E-state index in [0.29, 0.717) is 6.04 Å². The minimum atomic E-state index is -0.298. The van der Waals surface area contributed by atoms with Crippen LogP contribution < -0.4 is 5.32 Å². The highest BCUT2D eigenvalue weighted by molar-refractivity contribution is 5.84. The summed E-state index contributed by atoms with van der Waals surface area (Å²) in [5, 5.41) is 12.0. The van der Waals surface area contributed by atoms with Crippen LogP contribution >= 0.6 is 0 Å². The number of hydrogen-bond acceptors (Lipinski definition) is 3. The molecule has 0 bridgehead atoms. The van der Waals surface area contributed by atoms with Crippen LogP contribution in [0.5, 0.6) is 0 Å². The van der Waals surface area contributed by atoms with E-state index in [9.17, 15) is 4.79 Å². The van der Waals surface area contributed by atoms with E-state index in [1.807, 2.05) is 0 Å². The summed E-state index contributed by atoms with van der Waals surface area (Å²) in [5.41, 5.74) is -0.127. The first-order chi connectivity index (χ1) is 8.06. The van der Waals surface area contributed by atoms with Crippen molar-refractivity contribution in [2.75, 3.05) is 6.54 Å². The molecule has 1 amide bonds. The molecule has 0 radical (unpaired) electrons. The third-order valence-electron chi connectivity index (χ3n) is 3.95. The summed E-state index contributed by atoms with van der Waals surface area (Å²) in [4.78, 5) is 14.5. The zero-order valence-corrected chi connectivity index (χ0v) is 10.7. The maximum Gasteiger partial charge on any atom is 0.241 e. The Morgan fingerprint density at radius 3 is 2.71 bits per heavy atom. The van der Waals surface area contributed by atoms with E-state index in [4.69, 9.17) is 5.26 Å². The third-order valence-corrected chi connectivity index (χ3v) is 3.95. The number of nitrogens with one attached hydrogen (secondary N) is 1. The molecule has 0 spiro atoms. The molecule has 17 heavy (non-hydrogen) atoms. The second-order valence-corrected chi connectivity index (χ2v) is 5.75. The number of rotatable bonds is 2. The third kappa shape index (κ3) is 2.30. The van der Waals surface area contributed by atoms with Crippen LogP contribution in [0.4, 0.5) is 0 Å². The highest BCUT2D eigenvalue weighted by Gasteiger charge is 2.43. The molecular weight excluding hydrogens is 214 g/mol. The van der Waals surface area contributed by atoms with Crippen LogP contribution in [0.3, 0.4) is 0 Å². The normalized spacial score (nSPS) is 29.4. The van der Waals surface area contributed by atoms with Gasteiger partial charge in [-0.3, -0.25) is 4.79 Å². The Labute approximate surface area is 103 Å². The van der Waals surface area contributed by atoms with Gasteiger partial charge in [-0.15, -0.1) is 0 Å². The highest BCUT2D eigenvalue weighted by atomic mass is 16.2. The fraction of sp³-hybridized carbons (Fsp3) is 0.846. The summed E-state index contributed by atoms with van der Waals surface area (Å²) in [6.45, 7) is 5.00. The topological polar surface area (TPSA) is 56.1 Å². The Balaban J connectivity index is 2.17. The molecule has 2 aliphatic rings. The van der Waals surface area contributed by atoms with Gasteiger partial charge in [0.05, 0.1) is 18.0 Å². The van der Waals surface area contributed by atoms with E-state index in [1.54, 1.807) is 0 Å². The molecule has 1 N–H and O–H groups in total.